The summed E-state index contributed by atoms with van der Waals surface area (Å²) in [6.45, 7) is 4.86. The number of carbonyl (C=O) groups excluding carboxylic acids is 1. The van der Waals surface area contributed by atoms with Crippen molar-refractivity contribution in [3.63, 3.8) is 0 Å². The second-order valence-corrected chi connectivity index (χ2v) is 7.94. The standard InChI is InChI=1S/C26H27NO6/c1-3-5-13-33-20-15-17-7-6-8-19(32-4-2)22(17)24-23(20)25(30)27(26(24)31)18-11-9-16(10-12-18)14-21(28)29/h6-12,15,26,31H,3-5,13-14H2,1-2H3,(H,28,29). The highest BCUT2D eigenvalue weighted by atomic mass is 16.5. The summed E-state index contributed by atoms with van der Waals surface area (Å²) >= 11 is 0. The van der Waals surface area contributed by atoms with Crippen LogP contribution in [0.1, 0.15) is 54.4 Å². The molecule has 172 valence electrons. The van der Waals surface area contributed by atoms with Crippen molar-refractivity contribution in [3.05, 3.63) is 65.2 Å². The van der Waals surface area contributed by atoms with Crippen molar-refractivity contribution in [1.29, 1.82) is 0 Å². The van der Waals surface area contributed by atoms with Gasteiger partial charge in [0.15, 0.2) is 6.23 Å². The van der Waals surface area contributed by atoms with Gasteiger partial charge in [-0.15, -0.1) is 0 Å². The van der Waals surface area contributed by atoms with Gasteiger partial charge in [-0.25, -0.2) is 0 Å². The van der Waals surface area contributed by atoms with E-state index in [1.54, 1.807) is 24.3 Å². The third-order valence-electron chi connectivity index (χ3n) is 5.69. The van der Waals surface area contributed by atoms with Gasteiger partial charge < -0.3 is 19.7 Å². The van der Waals surface area contributed by atoms with Crippen molar-refractivity contribution in [1.82, 2.24) is 0 Å². The van der Waals surface area contributed by atoms with Crippen molar-refractivity contribution >= 4 is 28.3 Å². The molecule has 0 saturated heterocycles. The zero-order valence-electron chi connectivity index (χ0n) is 18.7. The molecule has 0 aliphatic carbocycles. The molecule has 1 aliphatic heterocycles. The molecule has 7 nitrogen and oxygen atoms in total. The van der Waals surface area contributed by atoms with Gasteiger partial charge in [0.25, 0.3) is 5.91 Å². The van der Waals surface area contributed by atoms with E-state index in [0.717, 1.165) is 18.2 Å². The molecule has 0 fully saturated rings. The van der Waals surface area contributed by atoms with E-state index in [1.165, 1.54) is 4.90 Å². The van der Waals surface area contributed by atoms with Crippen molar-refractivity contribution in [2.75, 3.05) is 18.1 Å². The molecule has 33 heavy (non-hydrogen) atoms. The highest BCUT2D eigenvalue weighted by molar-refractivity contribution is 6.16. The van der Waals surface area contributed by atoms with Crippen LogP contribution in [0.15, 0.2) is 48.5 Å². The Hall–Kier alpha value is -3.58. The first-order valence-electron chi connectivity index (χ1n) is 11.1. The first kappa shape index (κ1) is 22.6. The number of hydrogen-bond acceptors (Lipinski definition) is 5. The Morgan fingerprint density at radius 2 is 1.82 bits per heavy atom. The number of ether oxygens (including phenoxy) is 2. The molecule has 1 aliphatic rings. The first-order chi connectivity index (χ1) is 16.0. The zero-order valence-corrected chi connectivity index (χ0v) is 18.7. The van der Waals surface area contributed by atoms with Gasteiger partial charge in [-0.1, -0.05) is 37.6 Å². The maximum atomic E-state index is 13.6. The monoisotopic (exact) mass is 449 g/mol. The van der Waals surface area contributed by atoms with Crippen LogP contribution in [0.3, 0.4) is 0 Å². The van der Waals surface area contributed by atoms with E-state index in [1.807, 2.05) is 31.2 Å². The summed E-state index contributed by atoms with van der Waals surface area (Å²) < 4.78 is 11.8. The Bertz CT molecular complexity index is 1190. The summed E-state index contributed by atoms with van der Waals surface area (Å²) in [6.07, 6.45) is 0.443. The zero-order chi connectivity index (χ0) is 23.5. The maximum absolute atomic E-state index is 13.6. The number of unbranched alkanes of at least 4 members (excludes halogenated alkanes) is 1. The molecule has 1 atom stereocenters. The minimum Gasteiger partial charge on any atom is -0.493 e. The Labute approximate surface area is 192 Å². The van der Waals surface area contributed by atoms with E-state index in [-0.39, 0.29) is 12.3 Å². The van der Waals surface area contributed by atoms with Gasteiger partial charge in [-0.05, 0) is 48.6 Å². The van der Waals surface area contributed by atoms with Crippen LogP contribution in [0.4, 0.5) is 5.69 Å². The number of carboxylic acid groups (broad SMARTS) is 1. The van der Waals surface area contributed by atoms with Crippen LogP contribution in [-0.4, -0.2) is 35.3 Å². The van der Waals surface area contributed by atoms with Crippen LogP contribution >= 0.6 is 0 Å². The lowest BCUT2D eigenvalue weighted by atomic mass is 9.98. The molecule has 1 heterocycles. The van der Waals surface area contributed by atoms with E-state index in [2.05, 4.69) is 6.92 Å². The molecule has 2 N–H and O–H groups in total. The van der Waals surface area contributed by atoms with E-state index < -0.39 is 12.2 Å². The second kappa shape index (κ2) is 9.50. The van der Waals surface area contributed by atoms with Crippen molar-refractivity contribution in [2.24, 2.45) is 0 Å². The molecule has 0 radical (unpaired) electrons. The number of amides is 1. The highest BCUT2D eigenvalue weighted by Gasteiger charge is 2.41. The average molecular weight is 450 g/mol. The van der Waals surface area contributed by atoms with Crippen molar-refractivity contribution in [2.45, 2.75) is 39.3 Å². The number of nitrogens with zero attached hydrogens (tertiary/aromatic N) is 1. The van der Waals surface area contributed by atoms with Gasteiger partial charge in [0.05, 0.1) is 25.2 Å². The predicted octanol–water partition coefficient (Wildman–Crippen LogP) is 4.70. The number of aliphatic carboxylic acids is 1. The topological polar surface area (TPSA) is 96.3 Å². The van der Waals surface area contributed by atoms with Gasteiger partial charge in [-0.2, -0.15) is 0 Å². The normalized spacial score (nSPS) is 15.1. The molecular formula is C26H27NO6. The number of aliphatic hydroxyl groups is 1. The maximum Gasteiger partial charge on any atom is 0.307 e. The van der Waals surface area contributed by atoms with Gasteiger partial charge in [0, 0.05) is 16.6 Å². The van der Waals surface area contributed by atoms with Crippen molar-refractivity contribution in [3.8, 4) is 11.5 Å². The highest BCUT2D eigenvalue weighted by Crippen LogP contribution is 2.47. The molecule has 0 bridgehead atoms. The minimum absolute atomic E-state index is 0.116. The molecule has 3 aromatic rings. The number of aliphatic hydroxyl groups excluding tert-OH is 1. The van der Waals surface area contributed by atoms with Crippen LogP contribution in [0.25, 0.3) is 10.8 Å². The number of benzene rings is 3. The Kier molecular flexibility index (Phi) is 6.51. The second-order valence-electron chi connectivity index (χ2n) is 7.94. The van der Waals surface area contributed by atoms with E-state index in [9.17, 15) is 14.7 Å². The van der Waals surface area contributed by atoms with Crippen LogP contribution in [0, 0.1) is 0 Å². The van der Waals surface area contributed by atoms with Crippen LogP contribution in [0.2, 0.25) is 0 Å². The molecule has 3 aromatic carbocycles. The van der Waals surface area contributed by atoms with Crippen LogP contribution < -0.4 is 14.4 Å². The molecule has 0 aromatic heterocycles. The fraction of sp³-hybridized carbons (Fsp3) is 0.308. The smallest absolute Gasteiger partial charge is 0.307 e. The van der Waals surface area contributed by atoms with Gasteiger partial charge in [-0.3, -0.25) is 14.5 Å². The summed E-state index contributed by atoms with van der Waals surface area (Å²) in [5, 5.41) is 21.9. The SMILES string of the molecule is CCCCOc1cc2cccc(OCC)c2c2c1C(=O)N(c1ccc(CC(=O)O)cc1)C2O. The third-order valence-corrected chi connectivity index (χ3v) is 5.69. The van der Waals surface area contributed by atoms with Crippen LogP contribution in [-0.2, 0) is 11.2 Å². The number of carboxylic acids is 1. The largest absolute Gasteiger partial charge is 0.493 e. The minimum atomic E-state index is -1.24. The Morgan fingerprint density at radius 3 is 2.48 bits per heavy atom. The van der Waals surface area contributed by atoms with E-state index in [0.29, 0.717) is 52.5 Å². The fourth-order valence-corrected chi connectivity index (χ4v) is 4.19. The van der Waals surface area contributed by atoms with Crippen LogP contribution in [0.5, 0.6) is 11.5 Å². The summed E-state index contributed by atoms with van der Waals surface area (Å²) in [5.41, 5.74) is 1.87. The summed E-state index contributed by atoms with van der Waals surface area (Å²) in [5.74, 6) is -0.273. The lowest BCUT2D eigenvalue weighted by molar-refractivity contribution is -0.136. The third kappa shape index (κ3) is 4.24. The van der Waals surface area contributed by atoms with Gasteiger partial charge in [0.1, 0.15) is 11.5 Å². The quantitative estimate of drug-likeness (QED) is 0.460. The molecule has 0 saturated carbocycles. The lowest BCUT2D eigenvalue weighted by Gasteiger charge is -2.22. The summed E-state index contributed by atoms with van der Waals surface area (Å²) in [7, 11) is 0. The molecular weight excluding hydrogens is 422 g/mol. The first-order valence-corrected chi connectivity index (χ1v) is 11.1. The molecule has 7 heteroatoms. The Balaban J connectivity index is 1.84. The number of anilines is 1. The van der Waals surface area contributed by atoms with Crippen molar-refractivity contribution < 1.29 is 29.3 Å². The molecule has 1 unspecified atom stereocenters. The number of carbonyl (C=O) groups is 2. The number of fused-ring (bicyclic) bond motifs is 3. The van der Waals surface area contributed by atoms with Gasteiger partial charge >= 0.3 is 5.97 Å². The van der Waals surface area contributed by atoms with E-state index >= 15 is 0 Å². The molecule has 0 spiro atoms. The van der Waals surface area contributed by atoms with E-state index in [4.69, 9.17) is 14.6 Å². The Morgan fingerprint density at radius 1 is 1.06 bits per heavy atom. The predicted molar refractivity (Wildman–Crippen MR) is 125 cm³/mol. The molecule has 4 rings (SSSR count). The number of hydrogen-bond donors (Lipinski definition) is 2. The fourth-order valence-electron chi connectivity index (χ4n) is 4.19. The van der Waals surface area contributed by atoms with Gasteiger partial charge in [0.2, 0.25) is 0 Å². The lowest BCUT2D eigenvalue weighted by Crippen LogP contribution is -2.27. The molecule has 1 amide bonds. The summed E-state index contributed by atoms with van der Waals surface area (Å²) in [4.78, 5) is 25.9. The average Bonchev–Trinajstić information content (AvgIpc) is 3.05. The summed E-state index contributed by atoms with van der Waals surface area (Å²) in [6, 6.07) is 14.0. The number of rotatable bonds is 9.